The van der Waals surface area contributed by atoms with Crippen molar-refractivity contribution in [3.63, 3.8) is 0 Å². The van der Waals surface area contributed by atoms with Gasteiger partial charge in [0.1, 0.15) is 0 Å². The van der Waals surface area contributed by atoms with Crippen molar-refractivity contribution in [2.45, 2.75) is 38.0 Å². The largest absolute Gasteiger partial charge is 0.493 e. The number of methoxy groups -OCH3 is 2. The molecule has 3 rings (SSSR count). The second kappa shape index (κ2) is 5.00. The first kappa shape index (κ1) is 13.3. The van der Waals surface area contributed by atoms with Crippen molar-refractivity contribution in [1.29, 1.82) is 0 Å². The lowest BCUT2D eigenvalue weighted by molar-refractivity contribution is -0.143. The Hall–Kier alpha value is -1.71. The number of aliphatic carboxylic acids is 1. The molecule has 2 unspecified atom stereocenters. The Balaban J connectivity index is 2.18. The fourth-order valence-corrected chi connectivity index (χ4v) is 3.91. The first-order valence-corrected chi connectivity index (χ1v) is 7.16. The minimum absolute atomic E-state index is 0.139. The van der Waals surface area contributed by atoms with Crippen LogP contribution >= 0.6 is 0 Å². The summed E-state index contributed by atoms with van der Waals surface area (Å²) < 4.78 is 11.0. The number of ether oxygens (including phenoxy) is 2. The van der Waals surface area contributed by atoms with Gasteiger partial charge in [-0.2, -0.15) is 0 Å². The zero-order valence-electron chi connectivity index (χ0n) is 11.9. The standard InChI is InChI=1S/C16H20O4/c1-19-13-8-9-6-7-11(16(17)18)10-4-3-5-12(14(9)10)15(13)20-2/h8,10-11H,3-7H2,1-2H3,(H,17,18). The van der Waals surface area contributed by atoms with Gasteiger partial charge in [-0.3, -0.25) is 4.79 Å². The highest BCUT2D eigenvalue weighted by molar-refractivity contribution is 5.73. The second-order valence-corrected chi connectivity index (χ2v) is 5.65. The first-order valence-electron chi connectivity index (χ1n) is 7.16. The van der Waals surface area contributed by atoms with E-state index in [1.807, 2.05) is 6.07 Å². The van der Waals surface area contributed by atoms with Gasteiger partial charge >= 0.3 is 5.97 Å². The van der Waals surface area contributed by atoms with E-state index in [0.29, 0.717) is 0 Å². The third-order valence-electron chi connectivity index (χ3n) is 4.74. The van der Waals surface area contributed by atoms with Crippen LogP contribution in [0.2, 0.25) is 0 Å². The van der Waals surface area contributed by atoms with Crippen LogP contribution in [0.1, 0.15) is 41.9 Å². The summed E-state index contributed by atoms with van der Waals surface area (Å²) in [6.45, 7) is 0. The van der Waals surface area contributed by atoms with Crippen LogP contribution in [0.4, 0.5) is 0 Å². The molecule has 0 aliphatic heterocycles. The van der Waals surface area contributed by atoms with Gasteiger partial charge in [0.05, 0.1) is 20.1 Å². The van der Waals surface area contributed by atoms with E-state index in [4.69, 9.17) is 9.47 Å². The number of aryl methyl sites for hydroxylation is 1. The van der Waals surface area contributed by atoms with Crippen LogP contribution in [-0.2, 0) is 17.6 Å². The Morgan fingerprint density at radius 2 is 2.05 bits per heavy atom. The molecule has 0 spiro atoms. The van der Waals surface area contributed by atoms with Crippen LogP contribution < -0.4 is 9.47 Å². The van der Waals surface area contributed by atoms with E-state index in [-0.39, 0.29) is 11.8 Å². The topological polar surface area (TPSA) is 55.8 Å². The Labute approximate surface area is 118 Å². The molecule has 0 fully saturated rings. The molecule has 2 aliphatic rings. The van der Waals surface area contributed by atoms with E-state index in [9.17, 15) is 9.90 Å². The lowest BCUT2D eigenvalue weighted by Gasteiger charge is -2.37. The molecule has 20 heavy (non-hydrogen) atoms. The van der Waals surface area contributed by atoms with Crippen LogP contribution in [0.3, 0.4) is 0 Å². The molecule has 0 radical (unpaired) electrons. The molecule has 2 atom stereocenters. The summed E-state index contributed by atoms with van der Waals surface area (Å²) in [4.78, 5) is 11.5. The van der Waals surface area contributed by atoms with Gasteiger partial charge in [0, 0.05) is 5.56 Å². The minimum atomic E-state index is -0.664. The summed E-state index contributed by atoms with van der Waals surface area (Å²) in [7, 11) is 3.31. The van der Waals surface area contributed by atoms with E-state index in [1.165, 1.54) is 16.7 Å². The molecule has 0 amide bonds. The molecule has 0 heterocycles. The minimum Gasteiger partial charge on any atom is -0.493 e. The molecule has 0 saturated carbocycles. The van der Waals surface area contributed by atoms with Gasteiger partial charge in [0.25, 0.3) is 0 Å². The molecule has 4 nitrogen and oxygen atoms in total. The zero-order valence-corrected chi connectivity index (χ0v) is 11.9. The molecule has 1 N–H and O–H groups in total. The predicted octanol–water partition coefficient (Wildman–Crippen LogP) is 2.77. The molecule has 1 aromatic rings. The summed E-state index contributed by atoms with van der Waals surface area (Å²) in [5.41, 5.74) is 3.65. The smallest absolute Gasteiger partial charge is 0.307 e. The fraction of sp³-hybridized carbons (Fsp3) is 0.562. The number of benzene rings is 1. The van der Waals surface area contributed by atoms with Crippen LogP contribution in [0.5, 0.6) is 11.5 Å². The Morgan fingerprint density at radius 1 is 1.25 bits per heavy atom. The molecule has 0 saturated heterocycles. The van der Waals surface area contributed by atoms with Gasteiger partial charge < -0.3 is 14.6 Å². The highest BCUT2D eigenvalue weighted by atomic mass is 16.5. The van der Waals surface area contributed by atoms with Crippen molar-refractivity contribution in [3.05, 3.63) is 22.8 Å². The van der Waals surface area contributed by atoms with Crippen LogP contribution in [0, 0.1) is 5.92 Å². The molecule has 0 aromatic heterocycles. The maximum absolute atomic E-state index is 11.5. The van der Waals surface area contributed by atoms with E-state index in [0.717, 1.165) is 43.6 Å². The average molecular weight is 276 g/mol. The average Bonchev–Trinajstić information content (AvgIpc) is 2.47. The fourth-order valence-electron chi connectivity index (χ4n) is 3.91. The third-order valence-corrected chi connectivity index (χ3v) is 4.74. The van der Waals surface area contributed by atoms with Gasteiger partial charge in [0.2, 0.25) is 0 Å². The number of hydrogen-bond acceptors (Lipinski definition) is 3. The molecule has 108 valence electrons. The SMILES string of the molecule is COc1cc2c3c(c1OC)CCCC3C(C(=O)O)CC2. The molecular formula is C16H20O4. The van der Waals surface area contributed by atoms with Crippen molar-refractivity contribution >= 4 is 5.97 Å². The summed E-state index contributed by atoms with van der Waals surface area (Å²) in [5.74, 6) is 0.792. The predicted molar refractivity (Wildman–Crippen MR) is 74.7 cm³/mol. The Morgan fingerprint density at radius 3 is 2.70 bits per heavy atom. The lowest BCUT2D eigenvalue weighted by atomic mass is 9.68. The maximum Gasteiger partial charge on any atom is 0.307 e. The normalized spacial score (nSPS) is 23.9. The molecule has 4 heteroatoms. The van der Waals surface area contributed by atoms with Crippen molar-refractivity contribution in [2.24, 2.45) is 5.92 Å². The quantitative estimate of drug-likeness (QED) is 0.922. The summed E-state index contributed by atoms with van der Waals surface area (Å²) in [6, 6.07) is 2.04. The Kier molecular flexibility index (Phi) is 3.32. The van der Waals surface area contributed by atoms with E-state index in [1.54, 1.807) is 14.2 Å². The van der Waals surface area contributed by atoms with Gasteiger partial charge in [-0.1, -0.05) is 0 Å². The summed E-state index contributed by atoms with van der Waals surface area (Å²) >= 11 is 0. The van der Waals surface area contributed by atoms with Crippen LogP contribution in [0.15, 0.2) is 6.07 Å². The summed E-state index contributed by atoms with van der Waals surface area (Å²) in [6.07, 6.45) is 4.47. The number of hydrogen-bond donors (Lipinski definition) is 1. The van der Waals surface area contributed by atoms with Gasteiger partial charge in [-0.25, -0.2) is 0 Å². The lowest BCUT2D eigenvalue weighted by Crippen LogP contribution is -2.30. The van der Waals surface area contributed by atoms with Crippen LogP contribution in [-0.4, -0.2) is 25.3 Å². The zero-order chi connectivity index (χ0) is 14.3. The second-order valence-electron chi connectivity index (χ2n) is 5.65. The Bertz CT molecular complexity index is 550. The van der Waals surface area contributed by atoms with Crippen LogP contribution in [0.25, 0.3) is 0 Å². The monoisotopic (exact) mass is 276 g/mol. The van der Waals surface area contributed by atoms with E-state index < -0.39 is 5.97 Å². The van der Waals surface area contributed by atoms with Crippen molar-refractivity contribution in [2.75, 3.05) is 14.2 Å². The molecule has 2 aliphatic carbocycles. The maximum atomic E-state index is 11.5. The molecule has 0 bridgehead atoms. The van der Waals surface area contributed by atoms with E-state index >= 15 is 0 Å². The number of rotatable bonds is 3. The van der Waals surface area contributed by atoms with Crippen molar-refractivity contribution in [3.8, 4) is 11.5 Å². The van der Waals surface area contributed by atoms with Gasteiger partial charge in [-0.05, 0) is 55.2 Å². The molecular weight excluding hydrogens is 256 g/mol. The van der Waals surface area contributed by atoms with Crippen molar-refractivity contribution < 1.29 is 19.4 Å². The van der Waals surface area contributed by atoms with E-state index in [2.05, 4.69) is 0 Å². The summed E-state index contributed by atoms with van der Waals surface area (Å²) in [5, 5.41) is 9.45. The third kappa shape index (κ3) is 1.86. The number of carboxylic acids is 1. The number of carbonyl (C=O) groups is 1. The molecule has 1 aromatic carbocycles. The first-order chi connectivity index (χ1) is 9.67. The highest BCUT2D eigenvalue weighted by Crippen LogP contribution is 2.50. The van der Waals surface area contributed by atoms with Gasteiger partial charge in [0.15, 0.2) is 11.5 Å². The van der Waals surface area contributed by atoms with Crippen molar-refractivity contribution in [1.82, 2.24) is 0 Å². The van der Waals surface area contributed by atoms with Gasteiger partial charge in [-0.15, -0.1) is 0 Å². The highest BCUT2D eigenvalue weighted by Gasteiger charge is 2.39. The number of carboxylic acid groups (broad SMARTS) is 1.